The molecule has 0 radical (unpaired) electrons. The summed E-state index contributed by atoms with van der Waals surface area (Å²) in [6.07, 6.45) is 1.59. The molecule has 2 rings (SSSR count). The van der Waals surface area contributed by atoms with Crippen LogP contribution in [0.5, 0.6) is 0 Å². The Balaban J connectivity index is 1.96. The molecule has 0 saturated heterocycles. The zero-order valence-electron chi connectivity index (χ0n) is 11.8. The Morgan fingerprint density at radius 3 is 2.57 bits per heavy atom. The highest BCUT2D eigenvalue weighted by Crippen LogP contribution is 2.13. The van der Waals surface area contributed by atoms with E-state index in [-0.39, 0.29) is 18.4 Å². The number of aliphatic carboxylic acids is 1. The van der Waals surface area contributed by atoms with Gasteiger partial charge < -0.3 is 15.0 Å². The molecule has 1 heterocycles. The largest absolute Gasteiger partial charge is 0.480 e. The number of nitrogens with one attached hydrogen (secondary N) is 1. The van der Waals surface area contributed by atoms with Crippen LogP contribution in [-0.2, 0) is 11.3 Å². The number of amides is 1. The van der Waals surface area contributed by atoms with Gasteiger partial charge in [-0.3, -0.25) is 9.59 Å². The second-order valence-electron chi connectivity index (χ2n) is 4.94. The second-order valence-corrected chi connectivity index (χ2v) is 4.94. The van der Waals surface area contributed by atoms with Crippen molar-refractivity contribution in [2.75, 3.05) is 6.54 Å². The van der Waals surface area contributed by atoms with Gasteiger partial charge in [0.05, 0.1) is 0 Å². The standard InChI is InChI=1S/C16H18N2O3/c1-12(13-6-3-2-4-7-13)10-17-16(21)14-8-5-9-18(14)11-15(19)20/h2-9,12H,10-11H2,1H3,(H,17,21)(H,19,20). The van der Waals surface area contributed by atoms with Crippen molar-refractivity contribution in [2.24, 2.45) is 0 Å². The molecule has 0 spiro atoms. The number of hydrogen-bond donors (Lipinski definition) is 2. The molecule has 1 aromatic heterocycles. The smallest absolute Gasteiger partial charge is 0.323 e. The normalized spacial score (nSPS) is 11.9. The number of rotatable bonds is 6. The van der Waals surface area contributed by atoms with Crippen molar-refractivity contribution in [1.29, 1.82) is 0 Å². The topological polar surface area (TPSA) is 71.3 Å². The zero-order chi connectivity index (χ0) is 15.2. The second kappa shape index (κ2) is 6.74. The first-order chi connectivity index (χ1) is 10.1. The quantitative estimate of drug-likeness (QED) is 0.854. The molecule has 0 aliphatic heterocycles. The number of carboxylic acids is 1. The first kappa shape index (κ1) is 14.8. The van der Waals surface area contributed by atoms with Crippen LogP contribution in [0.3, 0.4) is 0 Å². The monoisotopic (exact) mass is 286 g/mol. The van der Waals surface area contributed by atoms with Crippen LogP contribution in [-0.4, -0.2) is 28.1 Å². The van der Waals surface area contributed by atoms with E-state index in [9.17, 15) is 9.59 Å². The lowest BCUT2D eigenvalue weighted by molar-refractivity contribution is -0.137. The number of hydrogen-bond acceptors (Lipinski definition) is 2. The maximum absolute atomic E-state index is 12.1. The molecule has 21 heavy (non-hydrogen) atoms. The molecule has 2 aromatic rings. The maximum Gasteiger partial charge on any atom is 0.323 e. The fraction of sp³-hybridized carbons (Fsp3) is 0.250. The van der Waals surface area contributed by atoms with Crippen LogP contribution in [0, 0.1) is 0 Å². The Labute approximate surface area is 123 Å². The van der Waals surface area contributed by atoms with E-state index >= 15 is 0 Å². The molecular weight excluding hydrogens is 268 g/mol. The van der Waals surface area contributed by atoms with Gasteiger partial charge in [0.2, 0.25) is 0 Å². The lowest BCUT2D eigenvalue weighted by atomic mass is 10.0. The van der Waals surface area contributed by atoms with E-state index in [1.165, 1.54) is 4.57 Å². The van der Waals surface area contributed by atoms with Gasteiger partial charge in [-0.05, 0) is 23.6 Å². The summed E-state index contributed by atoms with van der Waals surface area (Å²) in [6, 6.07) is 13.2. The van der Waals surface area contributed by atoms with Crippen LogP contribution >= 0.6 is 0 Å². The highest BCUT2D eigenvalue weighted by Gasteiger charge is 2.13. The van der Waals surface area contributed by atoms with Crippen molar-refractivity contribution < 1.29 is 14.7 Å². The van der Waals surface area contributed by atoms with E-state index < -0.39 is 5.97 Å². The highest BCUT2D eigenvalue weighted by atomic mass is 16.4. The summed E-state index contributed by atoms with van der Waals surface area (Å²) < 4.78 is 1.42. The average Bonchev–Trinajstić information content (AvgIpc) is 2.92. The third-order valence-electron chi connectivity index (χ3n) is 3.31. The summed E-state index contributed by atoms with van der Waals surface area (Å²) in [5.41, 5.74) is 1.51. The van der Waals surface area contributed by atoms with Crippen molar-refractivity contribution in [2.45, 2.75) is 19.4 Å². The summed E-state index contributed by atoms with van der Waals surface area (Å²) in [4.78, 5) is 22.9. The molecule has 1 aromatic carbocycles. The van der Waals surface area contributed by atoms with E-state index in [4.69, 9.17) is 5.11 Å². The van der Waals surface area contributed by atoms with Crippen molar-refractivity contribution >= 4 is 11.9 Å². The van der Waals surface area contributed by atoms with E-state index in [1.54, 1.807) is 18.3 Å². The van der Waals surface area contributed by atoms with E-state index in [2.05, 4.69) is 5.32 Å². The molecule has 0 fully saturated rings. The minimum Gasteiger partial charge on any atom is -0.480 e. The molecule has 0 bridgehead atoms. The van der Waals surface area contributed by atoms with Gasteiger partial charge in [-0.15, -0.1) is 0 Å². The summed E-state index contributed by atoms with van der Waals surface area (Å²) in [6.45, 7) is 2.32. The third kappa shape index (κ3) is 3.95. The predicted octanol–water partition coefficient (Wildman–Crippen LogP) is 2.11. The van der Waals surface area contributed by atoms with Gasteiger partial charge in [-0.2, -0.15) is 0 Å². The molecule has 1 unspecified atom stereocenters. The number of aromatic nitrogens is 1. The molecule has 1 atom stereocenters. The van der Waals surface area contributed by atoms with Gasteiger partial charge in [-0.25, -0.2) is 0 Å². The van der Waals surface area contributed by atoms with Gasteiger partial charge >= 0.3 is 5.97 Å². The van der Waals surface area contributed by atoms with E-state index in [0.717, 1.165) is 5.56 Å². The van der Waals surface area contributed by atoms with Gasteiger partial charge in [0.25, 0.3) is 5.91 Å². The zero-order valence-corrected chi connectivity index (χ0v) is 11.8. The van der Waals surface area contributed by atoms with E-state index in [1.807, 2.05) is 37.3 Å². The highest BCUT2D eigenvalue weighted by molar-refractivity contribution is 5.93. The SMILES string of the molecule is CC(CNC(=O)c1cccn1CC(=O)O)c1ccccc1. The van der Waals surface area contributed by atoms with Crippen LogP contribution in [0.2, 0.25) is 0 Å². The number of benzene rings is 1. The molecule has 2 N–H and O–H groups in total. The Hall–Kier alpha value is -2.56. The number of carboxylic acid groups (broad SMARTS) is 1. The maximum atomic E-state index is 12.1. The fourth-order valence-corrected chi connectivity index (χ4v) is 2.14. The Morgan fingerprint density at radius 1 is 1.19 bits per heavy atom. The number of carbonyl (C=O) groups excluding carboxylic acids is 1. The summed E-state index contributed by atoms with van der Waals surface area (Å²) >= 11 is 0. The lowest BCUT2D eigenvalue weighted by Crippen LogP contribution is -2.29. The number of nitrogens with zero attached hydrogens (tertiary/aromatic N) is 1. The van der Waals surface area contributed by atoms with Crippen molar-refractivity contribution in [1.82, 2.24) is 9.88 Å². The van der Waals surface area contributed by atoms with E-state index in [0.29, 0.717) is 12.2 Å². The first-order valence-corrected chi connectivity index (χ1v) is 6.78. The molecule has 0 aliphatic carbocycles. The first-order valence-electron chi connectivity index (χ1n) is 6.78. The molecular formula is C16H18N2O3. The Bertz CT molecular complexity index is 619. The summed E-state index contributed by atoms with van der Waals surface area (Å²) in [7, 11) is 0. The van der Waals surface area contributed by atoms with Gasteiger partial charge in [0.15, 0.2) is 0 Å². The van der Waals surface area contributed by atoms with Crippen molar-refractivity contribution in [3.05, 3.63) is 59.9 Å². The van der Waals surface area contributed by atoms with Crippen LogP contribution in [0.25, 0.3) is 0 Å². The predicted molar refractivity (Wildman–Crippen MR) is 79.3 cm³/mol. The van der Waals surface area contributed by atoms with Crippen LogP contribution < -0.4 is 5.32 Å². The van der Waals surface area contributed by atoms with Crippen LogP contribution in [0.4, 0.5) is 0 Å². The molecule has 0 aliphatic rings. The molecule has 5 heteroatoms. The molecule has 5 nitrogen and oxygen atoms in total. The van der Waals surface area contributed by atoms with Crippen LogP contribution in [0.1, 0.15) is 28.9 Å². The Kier molecular flexibility index (Phi) is 4.77. The minimum absolute atomic E-state index is 0.193. The third-order valence-corrected chi connectivity index (χ3v) is 3.31. The van der Waals surface area contributed by atoms with Gasteiger partial charge in [-0.1, -0.05) is 37.3 Å². The lowest BCUT2D eigenvalue weighted by Gasteiger charge is -2.13. The number of carbonyl (C=O) groups is 2. The van der Waals surface area contributed by atoms with Crippen molar-refractivity contribution in [3.8, 4) is 0 Å². The summed E-state index contributed by atoms with van der Waals surface area (Å²) in [5, 5.41) is 11.7. The van der Waals surface area contributed by atoms with Gasteiger partial charge in [0, 0.05) is 12.7 Å². The van der Waals surface area contributed by atoms with Crippen molar-refractivity contribution in [3.63, 3.8) is 0 Å². The minimum atomic E-state index is -0.974. The molecule has 0 saturated carbocycles. The molecule has 1 amide bonds. The fourth-order valence-electron chi connectivity index (χ4n) is 2.14. The Morgan fingerprint density at radius 2 is 1.90 bits per heavy atom. The van der Waals surface area contributed by atoms with Gasteiger partial charge in [0.1, 0.15) is 12.2 Å². The summed E-state index contributed by atoms with van der Waals surface area (Å²) in [5.74, 6) is -1.04. The molecule has 110 valence electrons. The average molecular weight is 286 g/mol. The van der Waals surface area contributed by atoms with Crippen LogP contribution in [0.15, 0.2) is 48.7 Å².